The number of carbonyl (C=O) groups is 1. The number of para-hydroxylation sites is 1. The minimum atomic E-state index is -4.41. The van der Waals surface area contributed by atoms with E-state index >= 15 is 0 Å². The predicted molar refractivity (Wildman–Crippen MR) is 127 cm³/mol. The zero-order chi connectivity index (χ0) is 24.6. The third-order valence-electron chi connectivity index (χ3n) is 5.84. The van der Waals surface area contributed by atoms with E-state index in [1.807, 2.05) is 31.2 Å². The van der Waals surface area contributed by atoms with Gasteiger partial charge in [0.1, 0.15) is 11.5 Å². The van der Waals surface area contributed by atoms with E-state index in [0.29, 0.717) is 11.3 Å². The van der Waals surface area contributed by atoms with Crippen molar-refractivity contribution < 1.29 is 22.7 Å². The Hall–Kier alpha value is -4.33. The van der Waals surface area contributed by atoms with E-state index in [-0.39, 0.29) is 17.7 Å². The second-order valence-electron chi connectivity index (χ2n) is 8.19. The molecular weight excluding hydrogens is 455 g/mol. The van der Waals surface area contributed by atoms with Gasteiger partial charge in [-0.1, -0.05) is 30.3 Å². The molecule has 1 aromatic heterocycles. The first-order valence-electron chi connectivity index (χ1n) is 10.9. The molecule has 0 bridgehead atoms. The number of H-pyrrole nitrogens is 1. The Morgan fingerprint density at radius 2 is 1.71 bits per heavy atom. The van der Waals surface area contributed by atoms with Crippen LogP contribution < -0.4 is 10.1 Å². The average molecular weight is 475 g/mol. The van der Waals surface area contributed by atoms with Gasteiger partial charge in [-0.05, 0) is 66.4 Å². The Bertz CT molecular complexity index is 1520. The Labute approximate surface area is 198 Å². The molecule has 0 spiro atoms. The van der Waals surface area contributed by atoms with Gasteiger partial charge in [-0.25, -0.2) is 0 Å². The lowest BCUT2D eigenvalue weighted by Crippen LogP contribution is -2.26. The molecule has 0 fully saturated rings. The number of rotatable bonds is 5. The van der Waals surface area contributed by atoms with Crippen LogP contribution in [0.15, 0.2) is 85.1 Å². The number of ether oxygens (including phenoxy) is 1. The third kappa shape index (κ3) is 4.55. The van der Waals surface area contributed by atoms with Crippen LogP contribution in [-0.4, -0.2) is 16.1 Å². The number of amides is 1. The van der Waals surface area contributed by atoms with Crippen molar-refractivity contribution >= 4 is 27.6 Å². The van der Waals surface area contributed by atoms with Gasteiger partial charge >= 0.3 is 6.18 Å². The van der Waals surface area contributed by atoms with Crippen molar-refractivity contribution in [2.24, 2.45) is 0 Å². The molecule has 0 radical (unpaired) electrons. The summed E-state index contributed by atoms with van der Waals surface area (Å²) in [4.78, 5) is 13.0. The largest absolute Gasteiger partial charge is 0.457 e. The van der Waals surface area contributed by atoms with Crippen LogP contribution in [0.3, 0.4) is 0 Å². The lowest BCUT2D eigenvalue weighted by atomic mass is 10.0. The highest BCUT2D eigenvalue weighted by Gasteiger charge is 2.30. The Morgan fingerprint density at radius 3 is 2.49 bits per heavy atom. The number of halogens is 3. The fraction of sp³-hybridized carbons (Fsp3) is 0.111. The summed E-state index contributed by atoms with van der Waals surface area (Å²) in [7, 11) is 0. The van der Waals surface area contributed by atoms with Crippen molar-refractivity contribution in [2.45, 2.75) is 19.1 Å². The summed E-state index contributed by atoms with van der Waals surface area (Å²) in [6, 6.07) is 20.6. The fourth-order valence-corrected chi connectivity index (χ4v) is 4.03. The number of hydrogen-bond acceptors (Lipinski definition) is 3. The van der Waals surface area contributed by atoms with Crippen molar-refractivity contribution in [3.05, 3.63) is 102 Å². The Morgan fingerprint density at radius 1 is 0.971 bits per heavy atom. The number of carbonyl (C=O) groups excluding carboxylic acids is 1. The van der Waals surface area contributed by atoms with Crippen molar-refractivity contribution in [1.82, 2.24) is 15.5 Å². The maximum atomic E-state index is 13.0. The molecule has 0 aliphatic heterocycles. The third-order valence-corrected chi connectivity index (χ3v) is 5.84. The topological polar surface area (TPSA) is 67.0 Å². The number of aromatic amines is 1. The first-order valence-corrected chi connectivity index (χ1v) is 10.9. The molecule has 1 heterocycles. The van der Waals surface area contributed by atoms with Crippen LogP contribution in [-0.2, 0) is 6.18 Å². The molecule has 0 unspecified atom stereocenters. The van der Waals surface area contributed by atoms with Crippen molar-refractivity contribution in [1.29, 1.82) is 0 Å². The number of nitrogens with zero attached hydrogens (tertiary/aromatic N) is 1. The predicted octanol–water partition coefficient (Wildman–Crippen LogP) is 7.02. The molecule has 5 nitrogen and oxygen atoms in total. The van der Waals surface area contributed by atoms with E-state index in [0.717, 1.165) is 39.4 Å². The number of aromatic nitrogens is 2. The van der Waals surface area contributed by atoms with E-state index in [2.05, 4.69) is 15.5 Å². The maximum absolute atomic E-state index is 13.0. The van der Waals surface area contributed by atoms with Crippen LogP contribution in [0.4, 0.5) is 13.2 Å². The van der Waals surface area contributed by atoms with Gasteiger partial charge in [0.25, 0.3) is 5.91 Å². The van der Waals surface area contributed by atoms with Gasteiger partial charge in [0, 0.05) is 16.3 Å². The zero-order valence-electron chi connectivity index (χ0n) is 18.6. The van der Waals surface area contributed by atoms with E-state index in [1.165, 1.54) is 12.1 Å². The molecule has 5 aromatic rings. The summed E-state index contributed by atoms with van der Waals surface area (Å²) in [5.74, 6) is 0.535. The number of alkyl halides is 3. The smallest absolute Gasteiger partial charge is 0.416 e. The SMILES string of the molecule is C[C@H](NC(=O)c1ccc2c(Oc3ccc(C(F)(F)F)cc3)cccc2c1)c1cccc2cn[nH]c12. The fourth-order valence-electron chi connectivity index (χ4n) is 4.03. The number of benzene rings is 4. The average Bonchev–Trinajstić information content (AvgIpc) is 3.33. The minimum Gasteiger partial charge on any atom is -0.457 e. The summed E-state index contributed by atoms with van der Waals surface area (Å²) >= 11 is 0. The van der Waals surface area contributed by atoms with Crippen LogP contribution in [0.5, 0.6) is 11.5 Å². The van der Waals surface area contributed by atoms with Crippen LogP contribution in [0, 0.1) is 0 Å². The van der Waals surface area contributed by atoms with Crippen molar-refractivity contribution in [2.75, 3.05) is 0 Å². The molecule has 2 N–H and O–H groups in total. The molecule has 0 aliphatic carbocycles. The Kier molecular flexibility index (Phi) is 5.64. The van der Waals surface area contributed by atoms with Crippen LogP contribution in [0.2, 0.25) is 0 Å². The van der Waals surface area contributed by atoms with Crippen molar-refractivity contribution in [3.8, 4) is 11.5 Å². The van der Waals surface area contributed by atoms with Gasteiger partial charge in [-0.3, -0.25) is 9.89 Å². The first kappa shape index (κ1) is 22.5. The molecule has 35 heavy (non-hydrogen) atoms. The zero-order valence-corrected chi connectivity index (χ0v) is 18.6. The summed E-state index contributed by atoms with van der Waals surface area (Å²) in [6.07, 6.45) is -2.67. The summed E-state index contributed by atoms with van der Waals surface area (Å²) in [5.41, 5.74) is 1.55. The highest BCUT2D eigenvalue weighted by Crippen LogP contribution is 2.34. The maximum Gasteiger partial charge on any atom is 0.416 e. The summed E-state index contributed by atoms with van der Waals surface area (Å²) < 4.78 is 44.3. The van der Waals surface area contributed by atoms with E-state index in [4.69, 9.17) is 4.74 Å². The highest BCUT2D eigenvalue weighted by atomic mass is 19.4. The summed E-state index contributed by atoms with van der Waals surface area (Å²) in [5, 5.41) is 12.5. The van der Waals surface area contributed by atoms with Gasteiger partial charge in [0.2, 0.25) is 0 Å². The van der Waals surface area contributed by atoms with E-state index in [9.17, 15) is 18.0 Å². The molecule has 1 atom stereocenters. The van der Waals surface area contributed by atoms with Gasteiger partial charge in [-0.2, -0.15) is 18.3 Å². The second kappa shape index (κ2) is 8.79. The van der Waals surface area contributed by atoms with E-state index < -0.39 is 11.7 Å². The Balaban J connectivity index is 1.36. The lowest BCUT2D eigenvalue weighted by Gasteiger charge is -2.16. The molecule has 176 valence electrons. The van der Waals surface area contributed by atoms with E-state index in [1.54, 1.807) is 36.5 Å². The molecule has 0 saturated heterocycles. The number of hydrogen-bond donors (Lipinski definition) is 2. The number of nitrogens with one attached hydrogen (secondary N) is 2. The molecule has 4 aromatic carbocycles. The number of fused-ring (bicyclic) bond motifs is 2. The minimum absolute atomic E-state index is 0.232. The molecular formula is C27H20F3N3O2. The first-order chi connectivity index (χ1) is 16.8. The highest BCUT2D eigenvalue weighted by molar-refractivity contribution is 6.00. The molecule has 0 aliphatic rings. The lowest BCUT2D eigenvalue weighted by molar-refractivity contribution is -0.137. The van der Waals surface area contributed by atoms with Gasteiger partial charge < -0.3 is 10.1 Å². The van der Waals surface area contributed by atoms with Crippen LogP contribution in [0.1, 0.15) is 34.5 Å². The quantitative estimate of drug-likeness (QED) is 0.287. The van der Waals surface area contributed by atoms with Gasteiger partial charge in [0.15, 0.2) is 0 Å². The van der Waals surface area contributed by atoms with Crippen LogP contribution >= 0.6 is 0 Å². The molecule has 8 heteroatoms. The molecule has 1 amide bonds. The molecule has 0 saturated carbocycles. The van der Waals surface area contributed by atoms with Gasteiger partial charge in [0.05, 0.1) is 23.3 Å². The van der Waals surface area contributed by atoms with Crippen LogP contribution in [0.25, 0.3) is 21.7 Å². The summed E-state index contributed by atoms with van der Waals surface area (Å²) in [6.45, 7) is 1.91. The molecule has 5 rings (SSSR count). The monoisotopic (exact) mass is 475 g/mol. The standard InChI is InChI=1S/C27H20F3N3O2/c1-16(22-6-2-5-19-15-31-33-25(19)22)32-26(34)18-8-13-23-17(14-18)4-3-7-24(23)35-21-11-9-20(10-12-21)27(28,29)30/h2-16H,1H3,(H,31,33)(H,32,34)/t16-/m0/s1. The van der Waals surface area contributed by atoms with Gasteiger partial charge in [-0.15, -0.1) is 0 Å². The van der Waals surface area contributed by atoms with Crippen molar-refractivity contribution in [3.63, 3.8) is 0 Å². The second-order valence-corrected chi connectivity index (χ2v) is 8.19. The normalized spacial score (nSPS) is 12.6.